The number of anilines is 1. The van der Waals surface area contributed by atoms with Crippen LogP contribution < -0.4 is 16.0 Å². The monoisotopic (exact) mass is 393 g/mol. The Kier molecular flexibility index (Phi) is 7.53. The third-order valence-corrected chi connectivity index (χ3v) is 6.28. The number of benzene rings is 1. The number of hydrogen-bond donors (Lipinski definition) is 3. The van der Waals surface area contributed by atoms with Crippen molar-refractivity contribution in [3.63, 3.8) is 0 Å². The van der Waals surface area contributed by atoms with Gasteiger partial charge in [0.15, 0.2) is 0 Å². The van der Waals surface area contributed by atoms with Gasteiger partial charge in [-0.3, -0.25) is 4.79 Å². The summed E-state index contributed by atoms with van der Waals surface area (Å²) < 4.78 is 5.66. The van der Waals surface area contributed by atoms with Gasteiger partial charge in [0.1, 0.15) is 0 Å². The average molecular weight is 394 g/mol. The molecule has 1 aromatic rings. The minimum atomic E-state index is 0. The lowest BCUT2D eigenvalue weighted by Crippen LogP contribution is -2.50. The molecule has 3 aliphatic rings. The van der Waals surface area contributed by atoms with Crippen LogP contribution in [-0.4, -0.2) is 37.7 Å². The highest BCUT2D eigenvalue weighted by Crippen LogP contribution is 2.30. The quantitative estimate of drug-likeness (QED) is 0.695. The van der Waals surface area contributed by atoms with Crippen molar-refractivity contribution in [1.82, 2.24) is 10.6 Å². The SMILES string of the molecule is Cl.O=C(Nc1cccc(CNC2CCCC2C2COCCN2)c1)C1CCC1. The van der Waals surface area contributed by atoms with Crippen LogP contribution in [0.3, 0.4) is 0 Å². The lowest BCUT2D eigenvalue weighted by molar-refractivity contribution is -0.122. The zero-order chi connectivity index (χ0) is 17.8. The molecule has 5 nitrogen and oxygen atoms in total. The summed E-state index contributed by atoms with van der Waals surface area (Å²) in [7, 11) is 0. The summed E-state index contributed by atoms with van der Waals surface area (Å²) in [5.41, 5.74) is 2.15. The first kappa shape index (κ1) is 20.6. The van der Waals surface area contributed by atoms with E-state index >= 15 is 0 Å². The van der Waals surface area contributed by atoms with Crippen molar-refractivity contribution < 1.29 is 9.53 Å². The van der Waals surface area contributed by atoms with Crippen molar-refractivity contribution in [2.24, 2.45) is 11.8 Å². The predicted molar refractivity (Wildman–Crippen MR) is 110 cm³/mol. The zero-order valence-electron chi connectivity index (χ0n) is 15.9. The Bertz CT molecular complexity index is 617. The van der Waals surface area contributed by atoms with E-state index in [2.05, 4.69) is 28.1 Å². The van der Waals surface area contributed by atoms with Gasteiger partial charge in [-0.2, -0.15) is 0 Å². The molecule has 1 aliphatic heterocycles. The molecule has 0 spiro atoms. The number of ether oxygens (including phenoxy) is 1. The van der Waals surface area contributed by atoms with Crippen molar-refractivity contribution in [3.05, 3.63) is 29.8 Å². The summed E-state index contributed by atoms with van der Waals surface area (Å²) in [5.74, 6) is 1.05. The van der Waals surface area contributed by atoms with Gasteiger partial charge in [-0.05, 0) is 49.3 Å². The first-order chi connectivity index (χ1) is 12.8. The smallest absolute Gasteiger partial charge is 0.227 e. The van der Waals surface area contributed by atoms with Gasteiger partial charge >= 0.3 is 0 Å². The molecule has 0 bridgehead atoms. The van der Waals surface area contributed by atoms with Gasteiger partial charge in [0, 0.05) is 36.8 Å². The molecule has 2 saturated carbocycles. The van der Waals surface area contributed by atoms with Gasteiger partial charge < -0.3 is 20.7 Å². The summed E-state index contributed by atoms with van der Waals surface area (Å²) in [5, 5.41) is 10.5. The molecule has 27 heavy (non-hydrogen) atoms. The molecule has 1 heterocycles. The number of carbonyl (C=O) groups excluding carboxylic acids is 1. The van der Waals surface area contributed by atoms with Crippen molar-refractivity contribution in [3.8, 4) is 0 Å². The Morgan fingerprint density at radius 1 is 1.19 bits per heavy atom. The Labute approximate surface area is 168 Å². The normalized spacial score (nSPS) is 28.2. The Morgan fingerprint density at radius 3 is 2.78 bits per heavy atom. The summed E-state index contributed by atoms with van der Waals surface area (Å²) in [6, 6.07) is 9.30. The standard InChI is InChI=1S/C21H31N3O2.ClH/c25-21(16-5-2-6-16)24-17-7-1-4-15(12-17)13-23-19-9-3-8-18(19)20-14-26-11-10-22-20;/h1,4,7,12,16,18-20,22-23H,2-3,5-6,8-11,13-14H2,(H,24,25);1H. The van der Waals surface area contributed by atoms with Crippen LogP contribution in [0.1, 0.15) is 44.1 Å². The number of halogens is 1. The molecule has 1 saturated heterocycles. The van der Waals surface area contributed by atoms with Gasteiger partial charge in [0.25, 0.3) is 0 Å². The minimum absolute atomic E-state index is 0. The highest BCUT2D eigenvalue weighted by Gasteiger charge is 2.34. The van der Waals surface area contributed by atoms with Crippen LogP contribution in [0.15, 0.2) is 24.3 Å². The Morgan fingerprint density at radius 2 is 2.04 bits per heavy atom. The third-order valence-electron chi connectivity index (χ3n) is 6.28. The maximum absolute atomic E-state index is 12.1. The van der Waals surface area contributed by atoms with E-state index in [9.17, 15) is 4.79 Å². The van der Waals surface area contributed by atoms with Crippen LogP contribution >= 0.6 is 12.4 Å². The molecule has 4 rings (SSSR count). The van der Waals surface area contributed by atoms with Gasteiger partial charge in [0.2, 0.25) is 5.91 Å². The van der Waals surface area contributed by atoms with Crippen molar-refractivity contribution >= 4 is 24.0 Å². The summed E-state index contributed by atoms with van der Waals surface area (Å²) in [6.45, 7) is 3.49. The van der Waals surface area contributed by atoms with E-state index in [0.29, 0.717) is 18.0 Å². The maximum Gasteiger partial charge on any atom is 0.227 e. The van der Waals surface area contributed by atoms with Gasteiger partial charge in [-0.15, -0.1) is 12.4 Å². The number of hydrogen-bond acceptors (Lipinski definition) is 4. The number of morpholine rings is 1. The number of nitrogens with one attached hydrogen (secondary N) is 3. The van der Waals surface area contributed by atoms with E-state index in [4.69, 9.17) is 4.74 Å². The molecule has 3 N–H and O–H groups in total. The second-order valence-corrected chi connectivity index (χ2v) is 8.04. The van der Waals surface area contributed by atoms with E-state index in [1.165, 1.54) is 31.2 Å². The molecule has 3 unspecified atom stereocenters. The first-order valence-electron chi connectivity index (χ1n) is 10.2. The zero-order valence-corrected chi connectivity index (χ0v) is 16.7. The maximum atomic E-state index is 12.1. The van der Waals surface area contributed by atoms with Crippen LogP contribution in [0, 0.1) is 11.8 Å². The van der Waals surface area contributed by atoms with Crippen LogP contribution in [0.2, 0.25) is 0 Å². The van der Waals surface area contributed by atoms with E-state index in [1.54, 1.807) is 0 Å². The minimum Gasteiger partial charge on any atom is -0.379 e. The topological polar surface area (TPSA) is 62.4 Å². The molecule has 1 amide bonds. The molecule has 0 aromatic heterocycles. The number of amides is 1. The second kappa shape index (κ2) is 9.87. The summed E-state index contributed by atoms with van der Waals surface area (Å²) >= 11 is 0. The van der Waals surface area contributed by atoms with Crippen molar-refractivity contribution in [1.29, 1.82) is 0 Å². The molecule has 3 fully saturated rings. The molecular weight excluding hydrogens is 362 g/mol. The first-order valence-corrected chi connectivity index (χ1v) is 10.2. The fourth-order valence-electron chi connectivity index (χ4n) is 4.51. The van der Waals surface area contributed by atoms with E-state index in [1.807, 2.05) is 12.1 Å². The molecule has 1 aromatic carbocycles. The van der Waals surface area contributed by atoms with E-state index in [0.717, 1.165) is 44.8 Å². The largest absolute Gasteiger partial charge is 0.379 e. The molecule has 6 heteroatoms. The van der Waals surface area contributed by atoms with Gasteiger partial charge in [-0.25, -0.2) is 0 Å². The molecule has 3 atom stereocenters. The summed E-state index contributed by atoms with van der Waals surface area (Å²) in [4.78, 5) is 12.1. The lowest BCUT2D eigenvalue weighted by atomic mass is 9.85. The highest BCUT2D eigenvalue weighted by atomic mass is 35.5. The number of rotatable bonds is 6. The average Bonchev–Trinajstić information content (AvgIpc) is 3.08. The van der Waals surface area contributed by atoms with E-state index < -0.39 is 0 Å². The van der Waals surface area contributed by atoms with Crippen molar-refractivity contribution in [2.75, 3.05) is 25.1 Å². The highest BCUT2D eigenvalue weighted by molar-refractivity contribution is 5.93. The van der Waals surface area contributed by atoms with Crippen LogP contribution in [0.5, 0.6) is 0 Å². The van der Waals surface area contributed by atoms with Gasteiger partial charge in [-0.1, -0.05) is 25.0 Å². The Balaban J connectivity index is 0.00000210. The third kappa shape index (κ3) is 5.23. The fraction of sp³-hybridized carbons (Fsp3) is 0.667. The Hall–Kier alpha value is -1.14. The van der Waals surface area contributed by atoms with Crippen LogP contribution in [-0.2, 0) is 16.1 Å². The molecule has 0 radical (unpaired) electrons. The van der Waals surface area contributed by atoms with Gasteiger partial charge in [0.05, 0.1) is 13.2 Å². The molecular formula is C21H32ClN3O2. The number of carbonyl (C=O) groups is 1. The lowest BCUT2D eigenvalue weighted by Gasteiger charge is -2.33. The van der Waals surface area contributed by atoms with Crippen LogP contribution in [0.4, 0.5) is 5.69 Å². The fourth-order valence-corrected chi connectivity index (χ4v) is 4.51. The van der Waals surface area contributed by atoms with E-state index in [-0.39, 0.29) is 24.2 Å². The molecule has 2 aliphatic carbocycles. The van der Waals surface area contributed by atoms with Crippen LogP contribution in [0.25, 0.3) is 0 Å². The summed E-state index contributed by atoms with van der Waals surface area (Å²) in [6.07, 6.45) is 7.06. The second-order valence-electron chi connectivity index (χ2n) is 8.04. The van der Waals surface area contributed by atoms with Crippen molar-refractivity contribution in [2.45, 2.75) is 57.2 Å². The molecule has 150 valence electrons. The predicted octanol–water partition coefficient (Wildman–Crippen LogP) is 3.09.